The summed E-state index contributed by atoms with van der Waals surface area (Å²) >= 11 is 12.3. The molecule has 3 aromatic carbocycles. The highest BCUT2D eigenvalue weighted by molar-refractivity contribution is 6.36. The maximum atomic E-state index is 13.8. The maximum absolute atomic E-state index is 13.8. The van der Waals surface area contributed by atoms with Crippen LogP contribution in [0.5, 0.6) is 11.5 Å². The smallest absolute Gasteiger partial charge is 0.274 e. The second-order valence-electron chi connectivity index (χ2n) is 10.3. The molecule has 212 valence electrons. The zero-order chi connectivity index (χ0) is 29.7. The molecule has 1 heterocycles. The second kappa shape index (κ2) is 10.7. The number of ether oxygens (including phenoxy) is 1. The van der Waals surface area contributed by atoms with Crippen LogP contribution in [-0.2, 0) is 9.59 Å². The Morgan fingerprint density at radius 3 is 2.02 bits per heavy atom. The van der Waals surface area contributed by atoms with Gasteiger partial charge in [0.25, 0.3) is 23.4 Å². The van der Waals surface area contributed by atoms with Gasteiger partial charge in [-0.1, -0.05) is 35.4 Å². The fraction of sp³-hybridized carbons (Fsp3) is 0.200. The third-order valence-corrected chi connectivity index (χ3v) is 8.39. The van der Waals surface area contributed by atoms with Gasteiger partial charge < -0.3 is 4.74 Å². The van der Waals surface area contributed by atoms with Crippen molar-refractivity contribution in [1.82, 2.24) is 10.0 Å². The number of nitro groups is 1. The van der Waals surface area contributed by atoms with Gasteiger partial charge in [0.1, 0.15) is 18.0 Å². The Morgan fingerprint density at radius 2 is 1.48 bits per heavy atom. The molecule has 2 fully saturated rings. The van der Waals surface area contributed by atoms with Gasteiger partial charge in [0.15, 0.2) is 5.78 Å². The lowest BCUT2D eigenvalue weighted by atomic mass is 9.85. The quantitative estimate of drug-likeness (QED) is 0.105. The van der Waals surface area contributed by atoms with Gasteiger partial charge in [-0.3, -0.25) is 29.3 Å². The van der Waals surface area contributed by atoms with E-state index in [-0.39, 0.29) is 33.7 Å². The van der Waals surface area contributed by atoms with Crippen molar-refractivity contribution in [3.05, 3.63) is 110 Å². The highest BCUT2D eigenvalue weighted by Crippen LogP contribution is 2.52. The molecule has 0 unspecified atom stereocenters. The summed E-state index contributed by atoms with van der Waals surface area (Å²) < 4.78 is 5.70. The monoisotopic (exact) mass is 605 g/mol. The number of benzene rings is 3. The van der Waals surface area contributed by atoms with Crippen molar-refractivity contribution in [2.45, 2.75) is 6.42 Å². The Balaban J connectivity index is 1.25. The number of hydrogen-bond donors (Lipinski definition) is 0. The number of nitro benzene ring substituents is 1. The number of imide groups is 1. The van der Waals surface area contributed by atoms with Crippen molar-refractivity contribution in [1.29, 1.82) is 0 Å². The van der Waals surface area contributed by atoms with Crippen LogP contribution < -0.4 is 4.74 Å². The summed E-state index contributed by atoms with van der Waals surface area (Å²) in [5, 5.41) is 12.9. The molecule has 0 aromatic heterocycles. The van der Waals surface area contributed by atoms with Crippen LogP contribution in [0.4, 0.5) is 5.69 Å². The topological polar surface area (TPSA) is 127 Å². The van der Waals surface area contributed by atoms with E-state index in [1.807, 2.05) is 12.2 Å². The number of non-ortho nitro benzene ring substituents is 1. The number of Topliss-reactive ketones (excluding diaryl/α,β-unsaturated/α-hetero) is 1. The van der Waals surface area contributed by atoms with Gasteiger partial charge in [0, 0.05) is 22.7 Å². The molecule has 12 heteroatoms. The SMILES string of the molecule is O=C(CN(C(=O)c1ccc(Cl)cc1Cl)N1C(=O)[C@@H]2[C@H](C1=O)[C@H]1C=C[C@H]2C1)c1ccc(Oc2ccc([N+](=O)[O-])cc2)cc1. The lowest BCUT2D eigenvalue weighted by Gasteiger charge is -2.31. The predicted molar refractivity (Wildman–Crippen MR) is 151 cm³/mol. The Bertz CT molecular complexity index is 1640. The minimum atomic E-state index is -0.787. The first-order valence-electron chi connectivity index (χ1n) is 13.0. The molecule has 3 aromatic rings. The molecular weight excluding hydrogens is 585 g/mol. The molecule has 1 saturated heterocycles. The van der Waals surface area contributed by atoms with Crippen LogP contribution in [0.15, 0.2) is 78.9 Å². The number of carbonyl (C=O) groups is 4. The lowest BCUT2D eigenvalue weighted by molar-refractivity contribution is -0.384. The normalized spacial score (nSPS) is 21.9. The number of hydrazine groups is 1. The number of amides is 3. The van der Waals surface area contributed by atoms with Crippen molar-refractivity contribution >= 4 is 52.4 Å². The van der Waals surface area contributed by atoms with E-state index >= 15 is 0 Å². The second-order valence-corrected chi connectivity index (χ2v) is 11.1. The number of hydrogen-bond acceptors (Lipinski definition) is 7. The van der Waals surface area contributed by atoms with Gasteiger partial charge in [-0.25, -0.2) is 5.01 Å². The minimum absolute atomic E-state index is 0.0127. The van der Waals surface area contributed by atoms with Crippen LogP contribution in [0.3, 0.4) is 0 Å². The molecule has 3 aliphatic rings. The van der Waals surface area contributed by atoms with Gasteiger partial charge in [0.2, 0.25) is 0 Å². The van der Waals surface area contributed by atoms with E-state index < -0.39 is 46.8 Å². The van der Waals surface area contributed by atoms with Crippen molar-refractivity contribution in [2.24, 2.45) is 23.7 Å². The average molecular weight is 606 g/mol. The van der Waals surface area contributed by atoms with E-state index in [1.165, 1.54) is 66.7 Å². The van der Waals surface area contributed by atoms with Crippen LogP contribution in [0.2, 0.25) is 10.0 Å². The lowest BCUT2D eigenvalue weighted by Crippen LogP contribution is -2.52. The van der Waals surface area contributed by atoms with E-state index in [9.17, 15) is 29.3 Å². The highest BCUT2D eigenvalue weighted by atomic mass is 35.5. The third-order valence-electron chi connectivity index (χ3n) is 7.84. The van der Waals surface area contributed by atoms with E-state index in [4.69, 9.17) is 27.9 Å². The summed E-state index contributed by atoms with van der Waals surface area (Å²) in [6.45, 7) is -0.597. The Hall–Kier alpha value is -4.54. The number of allylic oxidation sites excluding steroid dienone is 2. The van der Waals surface area contributed by atoms with Gasteiger partial charge in [-0.05, 0) is 72.9 Å². The molecule has 0 N–H and O–H groups in total. The summed E-state index contributed by atoms with van der Waals surface area (Å²) in [5.41, 5.74) is 0.108. The summed E-state index contributed by atoms with van der Waals surface area (Å²) in [7, 11) is 0. The van der Waals surface area contributed by atoms with Crippen molar-refractivity contribution in [2.75, 3.05) is 6.54 Å². The van der Waals surface area contributed by atoms with Crippen molar-refractivity contribution in [3.8, 4) is 11.5 Å². The molecule has 4 atom stereocenters. The van der Waals surface area contributed by atoms with Crippen LogP contribution in [-0.4, -0.2) is 45.0 Å². The third kappa shape index (κ3) is 4.82. The zero-order valence-corrected chi connectivity index (χ0v) is 23.2. The van der Waals surface area contributed by atoms with E-state index in [0.29, 0.717) is 22.9 Å². The maximum Gasteiger partial charge on any atom is 0.274 e. The minimum Gasteiger partial charge on any atom is -0.457 e. The molecular formula is C30H21Cl2N3O7. The van der Waals surface area contributed by atoms with Crippen LogP contribution >= 0.6 is 23.2 Å². The zero-order valence-electron chi connectivity index (χ0n) is 21.7. The molecule has 2 bridgehead atoms. The highest BCUT2D eigenvalue weighted by Gasteiger charge is 2.61. The summed E-state index contributed by atoms with van der Waals surface area (Å²) in [5.74, 6) is -2.95. The van der Waals surface area contributed by atoms with Gasteiger partial charge in [-0.15, -0.1) is 0 Å². The number of halogens is 2. The van der Waals surface area contributed by atoms with Crippen molar-refractivity contribution < 1.29 is 28.8 Å². The fourth-order valence-corrected chi connectivity index (χ4v) is 6.36. The molecule has 6 rings (SSSR count). The molecule has 10 nitrogen and oxygen atoms in total. The first-order chi connectivity index (χ1) is 20.1. The Labute approximate surface area is 249 Å². The molecule has 2 aliphatic carbocycles. The number of fused-ring (bicyclic) bond motifs is 5. The Kier molecular flexibility index (Phi) is 7.04. The molecule has 1 aliphatic heterocycles. The predicted octanol–water partition coefficient (Wildman–Crippen LogP) is 5.74. The summed E-state index contributed by atoms with van der Waals surface area (Å²) in [6.07, 6.45) is 4.59. The van der Waals surface area contributed by atoms with Gasteiger partial charge >= 0.3 is 0 Å². The fourth-order valence-electron chi connectivity index (χ4n) is 5.87. The first-order valence-corrected chi connectivity index (χ1v) is 13.8. The molecule has 1 saturated carbocycles. The molecule has 0 spiro atoms. The van der Waals surface area contributed by atoms with Crippen LogP contribution in [0.1, 0.15) is 27.1 Å². The van der Waals surface area contributed by atoms with E-state index in [2.05, 4.69) is 0 Å². The first kappa shape index (κ1) is 27.6. The largest absolute Gasteiger partial charge is 0.457 e. The number of ketones is 1. The number of rotatable bonds is 8. The standard InChI is InChI=1S/C30H21Cl2N3O7/c31-19-5-12-23(24(32)14-19)28(37)33(34-29(38)26-17-1-2-18(13-17)27(26)30(34)39)15-25(36)16-3-8-21(9-4-16)42-22-10-6-20(7-11-22)35(40)41/h1-12,14,17-18,26-27H,13,15H2/t17-,18-,26-,27+/m0/s1. The summed E-state index contributed by atoms with van der Waals surface area (Å²) in [6, 6.07) is 15.7. The van der Waals surface area contributed by atoms with Crippen LogP contribution in [0, 0.1) is 33.8 Å². The molecule has 42 heavy (non-hydrogen) atoms. The summed E-state index contributed by atoms with van der Waals surface area (Å²) in [4.78, 5) is 64.7. The van der Waals surface area contributed by atoms with Crippen LogP contribution in [0.25, 0.3) is 0 Å². The van der Waals surface area contributed by atoms with Crippen molar-refractivity contribution in [3.63, 3.8) is 0 Å². The van der Waals surface area contributed by atoms with Gasteiger partial charge in [-0.2, -0.15) is 5.01 Å². The molecule has 3 amide bonds. The average Bonchev–Trinajstić information content (AvgIpc) is 3.66. The van der Waals surface area contributed by atoms with Gasteiger partial charge in [0.05, 0.1) is 27.3 Å². The van der Waals surface area contributed by atoms with E-state index in [1.54, 1.807) is 0 Å². The van der Waals surface area contributed by atoms with E-state index in [0.717, 1.165) is 10.0 Å². The Morgan fingerprint density at radius 1 is 0.905 bits per heavy atom. The number of nitrogens with zero attached hydrogens (tertiary/aromatic N) is 3. The molecule has 0 radical (unpaired) electrons. The number of carbonyl (C=O) groups excluding carboxylic acids is 4.